The fourth-order valence-electron chi connectivity index (χ4n) is 1.47. The lowest BCUT2D eigenvalue weighted by molar-refractivity contribution is -0.116. The Bertz CT molecular complexity index is 404. The van der Waals surface area contributed by atoms with Crippen molar-refractivity contribution in [3.8, 4) is 0 Å². The van der Waals surface area contributed by atoms with E-state index in [-0.39, 0.29) is 6.54 Å². The van der Waals surface area contributed by atoms with E-state index < -0.39 is 5.91 Å². The monoisotopic (exact) mass is 223 g/mol. The lowest BCUT2D eigenvalue weighted by Gasteiger charge is -2.22. The van der Waals surface area contributed by atoms with E-state index in [4.69, 9.17) is 11.5 Å². The van der Waals surface area contributed by atoms with Gasteiger partial charge in [0.2, 0.25) is 5.91 Å². The summed E-state index contributed by atoms with van der Waals surface area (Å²) in [6.45, 7) is 6.29. The van der Waals surface area contributed by atoms with Crippen LogP contribution in [0, 0.1) is 13.8 Å². The fourth-order valence-corrected chi connectivity index (χ4v) is 1.47. The number of nitrogen functional groups attached to an aromatic ring is 1. The largest absolute Gasteiger partial charge is 0.383 e. The SMILES string of the molecule is CCN(CC(N)=O)c1nc(C)nc(N)c1C. The molecule has 1 amide bonds. The van der Waals surface area contributed by atoms with Gasteiger partial charge in [0.05, 0.1) is 6.54 Å². The van der Waals surface area contributed by atoms with E-state index in [0.717, 1.165) is 5.56 Å². The van der Waals surface area contributed by atoms with E-state index in [1.54, 1.807) is 11.8 Å². The molecular weight excluding hydrogens is 206 g/mol. The van der Waals surface area contributed by atoms with Gasteiger partial charge in [-0.15, -0.1) is 0 Å². The van der Waals surface area contributed by atoms with Crippen LogP contribution in [0.4, 0.5) is 11.6 Å². The Hall–Kier alpha value is -1.85. The number of carbonyl (C=O) groups is 1. The van der Waals surface area contributed by atoms with Crippen LogP contribution < -0.4 is 16.4 Å². The number of nitrogens with zero attached hydrogens (tertiary/aromatic N) is 3. The van der Waals surface area contributed by atoms with Gasteiger partial charge in [0, 0.05) is 12.1 Å². The van der Waals surface area contributed by atoms with Gasteiger partial charge in [0.15, 0.2) is 0 Å². The van der Waals surface area contributed by atoms with E-state index in [9.17, 15) is 4.79 Å². The lowest BCUT2D eigenvalue weighted by Crippen LogP contribution is -2.35. The summed E-state index contributed by atoms with van der Waals surface area (Å²) in [7, 11) is 0. The molecule has 0 unspecified atom stereocenters. The fraction of sp³-hybridized carbons (Fsp3) is 0.500. The van der Waals surface area contributed by atoms with Crippen molar-refractivity contribution in [3.63, 3.8) is 0 Å². The minimum absolute atomic E-state index is 0.132. The van der Waals surface area contributed by atoms with E-state index in [2.05, 4.69) is 9.97 Å². The highest BCUT2D eigenvalue weighted by Gasteiger charge is 2.14. The molecule has 0 fully saturated rings. The van der Waals surface area contributed by atoms with E-state index >= 15 is 0 Å². The second-order valence-electron chi connectivity index (χ2n) is 3.59. The van der Waals surface area contributed by atoms with Crippen molar-refractivity contribution in [3.05, 3.63) is 11.4 Å². The van der Waals surface area contributed by atoms with Crippen molar-refractivity contribution in [2.75, 3.05) is 23.7 Å². The second-order valence-corrected chi connectivity index (χ2v) is 3.59. The predicted octanol–water partition coefficient (Wildman–Crippen LogP) is -0.0128. The molecule has 0 aromatic carbocycles. The zero-order chi connectivity index (χ0) is 12.3. The number of hydrogen-bond acceptors (Lipinski definition) is 5. The van der Waals surface area contributed by atoms with E-state index in [0.29, 0.717) is 24.0 Å². The van der Waals surface area contributed by atoms with Crippen molar-refractivity contribution in [2.45, 2.75) is 20.8 Å². The summed E-state index contributed by atoms with van der Waals surface area (Å²) < 4.78 is 0. The van der Waals surface area contributed by atoms with Gasteiger partial charge in [-0.2, -0.15) is 0 Å². The standard InChI is InChI=1S/C10H17N5O/c1-4-15(5-8(11)16)10-6(2)9(12)13-7(3)14-10/h4-5H2,1-3H3,(H2,11,16)(H2,12,13,14). The Labute approximate surface area is 94.7 Å². The summed E-state index contributed by atoms with van der Waals surface area (Å²) in [6.07, 6.45) is 0. The number of primary amides is 1. The molecule has 1 aromatic heterocycles. The molecule has 6 heteroatoms. The van der Waals surface area contributed by atoms with Crippen LogP contribution in [-0.4, -0.2) is 29.0 Å². The van der Waals surface area contributed by atoms with Crippen LogP contribution in [-0.2, 0) is 4.79 Å². The molecule has 6 nitrogen and oxygen atoms in total. The van der Waals surface area contributed by atoms with Gasteiger partial charge >= 0.3 is 0 Å². The first-order chi connectivity index (χ1) is 7.45. The van der Waals surface area contributed by atoms with Crippen LogP contribution in [0.15, 0.2) is 0 Å². The number of aryl methyl sites for hydroxylation is 1. The lowest BCUT2D eigenvalue weighted by atomic mass is 10.2. The molecule has 4 N–H and O–H groups in total. The zero-order valence-electron chi connectivity index (χ0n) is 9.82. The second kappa shape index (κ2) is 4.78. The Kier molecular flexibility index (Phi) is 3.65. The van der Waals surface area contributed by atoms with Crippen LogP contribution in [0.5, 0.6) is 0 Å². The molecule has 0 aliphatic heterocycles. The molecule has 0 saturated heterocycles. The molecule has 1 heterocycles. The minimum Gasteiger partial charge on any atom is -0.383 e. The molecule has 1 aromatic rings. The van der Waals surface area contributed by atoms with Crippen molar-refractivity contribution in [2.24, 2.45) is 5.73 Å². The molecule has 0 atom stereocenters. The van der Waals surface area contributed by atoms with Crippen LogP contribution in [0.1, 0.15) is 18.3 Å². The number of nitrogens with two attached hydrogens (primary N) is 2. The van der Waals surface area contributed by atoms with Gasteiger partial charge in [-0.1, -0.05) is 0 Å². The van der Waals surface area contributed by atoms with Crippen molar-refractivity contribution in [1.82, 2.24) is 9.97 Å². The van der Waals surface area contributed by atoms with Crippen LogP contribution in [0.25, 0.3) is 0 Å². The first-order valence-electron chi connectivity index (χ1n) is 5.09. The van der Waals surface area contributed by atoms with Crippen molar-refractivity contribution < 1.29 is 4.79 Å². The zero-order valence-corrected chi connectivity index (χ0v) is 9.82. The molecule has 0 aliphatic rings. The highest BCUT2D eigenvalue weighted by atomic mass is 16.1. The average molecular weight is 223 g/mol. The molecule has 0 radical (unpaired) electrons. The third kappa shape index (κ3) is 2.59. The van der Waals surface area contributed by atoms with Crippen molar-refractivity contribution in [1.29, 1.82) is 0 Å². The van der Waals surface area contributed by atoms with Crippen molar-refractivity contribution >= 4 is 17.5 Å². The third-order valence-electron chi connectivity index (χ3n) is 2.30. The quantitative estimate of drug-likeness (QED) is 0.748. The van der Waals surface area contributed by atoms with Gasteiger partial charge < -0.3 is 16.4 Å². The maximum atomic E-state index is 10.9. The molecule has 0 saturated carbocycles. The Morgan fingerprint density at radius 1 is 1.38 bits per heavy atom. The van der Waals surface area contributed by atoms with E-state index in [1.807, 2.05) is 13.8 Å². The van der Waals surface area contributed by atoms with Gasteiger partial charge in [-0.3, -0.25) is 4.79 Å². The minimum atomic E-state index is -0.393. The molecule has 0 aliphatic carbocycles. The predicted molar refractivity (Wildman–Crippen MR) is 63.0 cm³/mol. The third-order valence-corrected chi connectivity index (χ3v) is 2.30. The Morgan fingerprint density at radius 3 is 2.50 bits per heavy atom. The molecular formula is C10H17N5O. The molecule has 16 heavy (non-hydrogen) atoms. The number of likely N-dealkylation sites (N-methyl/N-ethyl adjacent to an activating group) is 1. The summed E-state index contributed by atoms with van der Waals surface area (Å²) >= 11 is 0. The maximum Gasteiger partial charge on any atom is 0.236 e. The highest BCUT2D eigenvalue weighted by molar-refractivity contribution is 5.79. The first kappa shape index (κ1) is 12.2. The van der Waals surface area contributed by atoms with Gasteiger partial charge in [0.25, 0.3) is 0 Å². The Balaban J connectivity index is 3.13. The van der Waals surface area contributed by atoms with E-state index in [1.165, 1.54) is 0 Å². The number of aromatic nitrogens is 2. The van der Waals surface area contributed by atoms with Gasteiger partial charge in [0.1, 0.15) is 17.5 Å². The van der Waals surface area contributed by atoms with Gasteiger partial charge in [-0.25, -0.2) is 9.97 Å². The Morgan fingerprint density at radius 2 is 2.00 bits per heavy atom. The van der Waals surface area contributed by atoms with Crippen LogP contribution >= 0.6 is 0 Å². The number of hydrogen-bond donors (Lipinski definition) is 2. The summed E-state index contributed by atoms with van der Waals surface area (Å²) in [5.41, 5.74) is 11.7. The number of anilines is 2. The van der Waals surface area contributed by atoms with Gasteiger partial charge in [-0.05, 0) is 20.8 Å². The summed E-state index contributed by atoms with van der Waals surface area (Å²) in [5.74, 6) is 1.30. The normalized spacial score (nSPS) is 10.2. The molecule has 0 bridgehead atoms. The summed E-state index contributed by atoms with van der Waals surface area (Å²) in [6, 6.07) is 0. The number of rotatable bonds is 4. The molecule has 1 rings (SSSR count). The van der Waals surface area contributed by atoms with Crippen LogP contribution in [0.2, 0.25) is 0 Å². The number of amides is 1. The summed E-state index contributed by atoms with van der Waals surface area (Å²) in [4.78, 5) is 21.0. The maximum absolute atomic E-state index is 10.9. The van der Waals surface area contributed by atoms with Crippen LogP contribution in [0.3, 0.4) is 0 Å². The number of carbonyl (C=O) groups excluding carboxylic acids is 1. The highest BCUT2D eigenvalue weighted by Crippen LogP contribution is 2.20. The molecule has 0 spiro atoms. The topological polar surface area (TPSA) is 98.1 Å². The molecule has 88 valence electrons. The smallest absolute Gasteiger partial charge is 0.236 e. The summed E-state index contributed by atoms with van der Waals surface area (Å²) in [5, 5.41) is 0. The average Bonchev–Trinajstić information content (AvgIpc) is 2.20. The first-order valence-corrected chi connectivity index (χ1v) is 5.09.